The van der Waals surface area contributed by atoms with Gasteiger partial charge < -0.3 is 11.5 Å². The molecule has 0 unspecified atom stereocenters. The van der Waals surface area contributed by atoms with Crippen molar-refractivity contribution in [2.75, 3.05) is 11.5 Å². The Kier molecular flexibility index (Phi) is 3.53. The normalized spacial score (nSPS) is 17.2. The summed E-state index contributed by atoms with van der Waals surface area (Å²) in [5.41, 5.74) is 14.3. The van der Waals surface area contributed by atoms with Gasteiger partial charge in [-0.25, -0.2) is 4.68 Å². The molecule has 21 heavy (non-hydrogen) atoms. The van der Waals surface area contributed by atoms with E-state index in [2.05, 4.69) is 22.4 Å². The van der Waals surface area contributed by atoms with Crippen LogP contribution in [0.25, 0.3) is 11.4 Å². The molecule has 6 heteroatoms. The molecule has 0 amide bonds. The Bertz CT molecular complexity index is 627. The predicted molar refractivity (Wildman–Crippen MR) is 83.3 cm³/mol. The molecule has 112 valence electrons. The highest BCUT2D eigenvalue weighted by Crippen LogP contribution is 2.42. The minimum Gasteiger partial charge on any atom is -0.399 e. The summed E-state index contributed by atoms with van der Waals surface area (Å²) in [5.74, 6) is 0.729. The molecule has 0 radical (unpaired) electrons. The minimum absolute atomic E-state index is 0.326. The highest BCUT2D eigenvalue weighted by atomic mass is 15.5. The highest BCUT2D eigenvalue weighted by Gasteiger charge is 2.33. The third kappa shape index (κ3) is 2.57. The van der Waals surface area contributed by atoms with Crippen LogP contribution in [0, 0.1) is 5.41 Å². The molecular formula is C15H22N6. The Balaban J connectivity index is 1.94. The van der Waals surface area contributed by atoms with Crippen molar-refractivity contribution in [2.24, 2.45) is 5.41 Å². The summed E-state index contributed by atoms with van der Waals surface area (Å²) in [4.78, 5) is 0. The quantitative estimate of drug-likeness (QED) is 0.842. The second-order valence-electron chi connectivity index (χ2n) is 6.07. The molecule has 1 aliphatic carbocycles. The van der Waals surface area contributed by atoms with Crippen molar-refractivity contribution in [2.45, 2.75) is 45.6 Å². The van der Waals surface area contributed by atoms with Gasteiger partial charge >= 0.3 is 0 Å². The largest absolute Gasteiger partial charge is 0.399 e. The van der Waals surface area contributed by atoms with E-state index < -0.39 is 0 Å². The minimum atomic E-state index is 0.326. The van der Waals surface area contributed by atoms with Gasteiger partial charge in [0.2, 0.25) is 0 Å². The van der Waals surface area contributed by atoms with Gasteiger partial charge in [-0.15, -0.1) is 5.10 Å². The van der Waals surface area contributed by atoms with Crippen LogP contribution in [0.15, 0.2) is 18.2 Å². The molecule has 2 aromatic rings. The number of benzene rings is 1. The number of nitrogens with zero attached hydrogens (tertiary/aromatic N) is 4. The molecule has 3 rings (SSSR count). The van der Waals surface area contributed by atoms with E-state index in [9.17, 15) is 0 Å². The van der Waals surface area contributed by atoms with Crippen molar-refractivity contribution >= 4 is 11.4 Å². The second-order valence-corrected chi connectivity index (χ2v) is 6.07. The lowest BCUT2D eigenvalue weighted by molar-refractivity contribution is 0.226. The van der Waals surface area contributed by atoms with Crippen LogP contribution in [0.3, 0.4) is 0 Å². The fourth-order valence-electron chi connectivity index (χ4n) is 3.36. The number of tetrazole rings is 1. The first-order valence-corrected chi connectivity index (χ1v) is 7.55. The van der Waals surface area contributed by atoms with E-state index in [1.54, 1.807) is 6.07 Å². The zero-order valence-corrected chi connectivity index (χ0v) is 12.4. The maximum atomic E-state index is 6.07. The van der Waals surface area contributed by atoms with E-state index >= 15 is 0 Å². The maximum Gasteiger partial charge on any atom is 0.184 e. The average Bonchev–Trinajstić information content (AvgIpc) is 3.10. The number of hydrogen-bond acceptors (Lipinski definition) is 5. The van der Waals surface area contributed by atoms with Crippen LogP contribution in [0.5, 0.6) is 0 Å². The van der Waals surface area contributed by atoms with E-state index in [1.165, 1.54) is 25.7 Å². The summed E-state index contributed by atoms with van der Waals surface area (Å²) >= 11 is 0. The van der Waals surface area contributed by atoms with Gasteiger partial charge in [0.25, 0.3) is 0 Å². The molecule has 1 aliphatic rings. The van der Waals surface area contributed by atoms with E-state index in [-0.39, 0.29) is 0 Å². The lowest BCUT2D eigenvalue weighted by Crippen LogP contribution is -2.24. The van der Waals surface area contributed by atoms with Gasteiger partial charge in [0.15, 0.2) is 5.82 Å². The van der Waals surface area contributed by atoms with Gasteiger partial charge in [0.1, 0.15) is 0 Å². The molecule has 0 aliphatic heterocycles. The van der Waals surface area contributed by atoms with Crippen LogP contribution < -0.4 is 11.5 Å². The summed E-state index contributed by atoms with van der Waals surface area (Å²) in [7, 11) is 0. The van der Waals surface area contributed by atoms with Gasteiger partial charge in [0.05, 0.1) is 6.54 Å². The first kappa shape index (κ1) is 13.9. The molecule has 1 aromatic heterocycles. The summed E-state index contributed by atoms with van der Waals surface area (Å²) in [6.07, 6.45) is 6.26. The number of rotatable bonds is 4. The summed E-state index contributed by atoms with van der Waals surface area (Å²) in [6, 6.07) is 5.47. The van der Waals surface area contributed by atoms with Gasteiger partial charge in [0, 0.05) is 16.9 Å². The maximum absolute atomic E-state index is 6.07. The molecule has 1 aromatic carbocycles. The number of nitrogen functional groups attached to an aromatic ring is 2. The SMILES string of the molecule is CCC1(Cn2nnnc2-c2ccc(N)cc2N)CCCC1. The zero-order chi connectivity index (χ0) is 14.9. The van der Waals surface area contributed by atoms with E-state index in [0.717, 1.165) is 24.4 Å². The standard InChI is InChI=1S/C15H22N6/c1-2-15(7-3-4-8-15)10-21-14(18-19-20-21)12-6-5-11(16)9-13(12)17/h5-6,9H,2-4,7-8,10,16-17H2,1H3. The van der Waals surface area contributed by atoms with Crippen molar-refractivity contribution in [3.8, 4) is 11.4 Å². The Hall–Kier alpha value is -2.11. The molecule has 0 atom stereocenters. The molecule has 0 spiro atoms. The summed E-state index contributed by atoms with van der Waals surface area (Å²) in [5, 5.41) is 12.2. The number of hydrogen-bond donors (Lipinski definition) is 2. The summed E-state index contributed by atoms with van der Waals surface area (Å²) in [6.45, 7) is 3.11. The van der Waals surface area contributed by atoms with Crippen molar-refractivity contribution in [3.05, 3.63) is 18.2 Å². The van der Waals surface area contributed by atoms with Crippen molar-refractivity contribution in [1.29, 1.82) is 0 Å². The monoisotopic (exact) mass is 286 g/mol. The van der Waals surface area contributed by atoms with Gasteiger partial charge in [-0.05, 0) is 53.3 Å². The number of anilines is 2. The van der Waals surface area contributed by atoms with Crippen LogP contribution in [-0.2, 0) is 6.54 Å². The first-order valence-electron chi connectivity index (χ1n) is 7.55. The fourth-order valence-corrected chi connectivity index (χ4v) is 3.36. The molecule has 0 bridgehead atoms. The smallest absolute Gasteiger partial charge is 0.184 e. The molecule has 4 N–H and O–H groups in total. The van der Waals surface area contributed by atoms with Crippen LogP contribution in [0.4, 0.5) is 11.4 Å². The van der Waals surface area contributed by atoms with Crippen molar-refractivity contribution in [1.82, 2.24) is 20.2 Å². The lowest BCUT2D eigenvalue weighted by Gasteiger charge is -2.27. The second kappa shape index (κ2) is 5.35. The molecular weight excluding hydrogens is 264 g/mol. The molecule has 1 heterocycles. The topological polar surface area (TPSA) is 95.6 Å². The number of nitrogens with two attached hydrogens (primary N) is 2. The fraction of sp³-hybridized carbons (Fsp3) is 0.533. The van der Waals surface area contributed by atoms with E-state index in [0.29, 0.717) is 16.8 Å². The molecule has 1 saturated carbocycles. The molecule has 0 saturated heterocycles. The number of aromatic nitrogens is 4. The zero-order valence-electron chi connectivity index (χ0n) is 12.4. The van der Waals surface area contributed by atoms with Gasteiger partial charge in [-0.2, -0.15) is 0 Å². The van der Waals surface area contributed by atoms with Crippen molar-refractivity contribution in [3.63, 3.8) is 0 Å². The van der Waals surface area contributed by atoms with E-state index in [1.807, 2.05) is 16.8 Å². The van der Waals surface area contributed by atoms with Gasteiger partial charge in [-0.1, -0.05) is 19.8 Å². The third-order valence-electron chi connectivity index (χ3n) is 4.75. The van der Waals surface area contributed by atoms with Crippen LogP contribution in [-0.4, -0.2) is 20.2 Å². The molecule has 1 fully saturated rings. The Morgan fingerprint density at radius 2 is 2.00 bits per heavy atom. The molecule has 6 nitrogen and oxygen atoms in total. The predicted octanol–water partition coefficient (Wildman–Crippen LogP) is 2.47. The summed E-state index contributed by atoms with van der Waals surface area (Å²) < 4.78 is 1.90. The van der Waals surface area contributed by atoms with Gasteiger partial charge in [-0.3, -0.25) is 0 Å². The van der Waals surface area contributed by atoms with E-state index in [4.69, 9.17) is 11.5 Å². The average molecular weight is 286 g/mol. The highest BCUT2D eigenvalue weighted by molar-refractivity contribution is 5.74. The lowest BCUT2D eigenvalue weighted by atomic mass is 9.83. The Morgan fingerprint density at radius 1 is 1.24 bits per heavy atom. The van der Waals surface area contributed by atoms with Crippen LogP contribution in [0.2, 0.25) is 0 Å². The van der Waals surface area contributed by atoms with Crippen LogP contribution >= 0.6 is 0 Å². The van der Waals surface area contributed by atoms with Crippen LogP contribution in [0.1, 0.15) is 39.0 Å². The Morgan fingerprint density at radius 3 is 2.67 bits per heavy atom. The third-order valence-corrected chi connectivity index (χ3v) is 4.75. The first-order chi connectivity index (χ1) is 10.1. The Labute approximate surface area is 124 Å². The van der Waals surface area contributed by atoms with Crippen molar-refractivity contribution < 1.29 is 0 Å².